The van der Waals surface area contributed by atoms with Gasteiger partial charge in [0.15, 0.2) is 5.96 Å². The first-order valence-corrected chi connectivity index (χ1v) is 10.3. The molecule has 3 rings (SSSR count). The summed E-state index contributed by atoms with van der Waals surface area (Å²) in [5.74, 6) is 1.75. The number of nitrogens with one attached hydrogen (secondary N) is 2. The minimum atomic E-state index is -0.267. The molecule has 0 bridgehead atoms. The maximum Gasteiger partial charge on any atom is 0.194 e. The first kappa shape index (κ1) is 20.4. The normalized spacial score (nSPS) is 22.9. The van der Waals surface area contributed by atoms with Gasteiger partial charge in [0.05, 0.1) is 31.1 Å². The predicted molar refractivity (Wildman–Crippen MR) is 114 cm³/mol. The Labute approximate surface area is 168 Å². The Kier molecular flexibility index (Phi) is 6.73. The van der Waals surface area contributed by atoms with Crippen molar-refractivity contribution >= 4 is 5.96 Å². The maximum atomic E-state index is 10.4. The number of aliphatic hydroxyl groups excluding tert-OH is 1. The molecule has 0 amide bonds. The Morgan fingerprint density at radius 2 is 2.14 bits per heavy atom. The zero-order valence-corrected chi connectivity index (χ0v) is 17.3. The second-order valence-corrected chi connectivity index (χ2v) is 8.05. The summed E-state index contributed by atoms with van der Waals surface area (Å²) in [5, 5.41) is 13.8. The molecule has 6 nitrogen and oxygen atoms in total. The lowest BCUT2D eigenvalue weighted by molar-refractivity contribution is 0.00705. The Morgan fingerprint density at radius 1 is 1.36 bits per heavy atom. The molecule has 3 N–H and O–H groups in total. The summed E-state index contributed by atoms with van der Waals surface area (Å²) in [5.41, 5.74) is 2.01. The molecule has 152 valence electrons. The van der Waals surface area contributed by atoms with Crippen LogP contribution in [0.4, 0.5) is 0 Å². The van der Waals surface area contributed by atoms with Crippen LogP contribution in [0.5, 0.6) is 0 Å². The van der Waals surface area contributed by atoms with Gasteiger partial charge in [0, 0.05) is 19.0 Å². The van der Waals surface area contributed by atoms with E-state index in [9.17, 15) is 5.11 Å². The highest BCUT2D eigenvalue weighted by molar-refractivity contribution is 5.79. The number of H-pyrrole nitrogens is 1. The van der Waals surface area contributed by atoms with Crippen LogP contribution in [0.1, 0.15) is 45.4 Å². The van der Waals surface area contributed by atoms with Crippen molar-refractivity contribution in [2.24, 2.45) is 10.4 Å². The van der Waals surface area contributed by atoms with Crippen LogP contribution in [-0.4, -0.2) is 52.2 Å². The van der Waals surface area contributed by atoms with Gasteiger partial charge in [-0.3, -0.25) is 4.99 Å². The van der Waals surface area contributed by atoms with Gasteiger partial charge in [-0.25, -0.2) is 4.98 Å². The number of aliphatic hydroxyl groups is 1. The molecule has 0 saturated heterocycles. The van der Waals surface area contributed by atoms with Crippen molar-refractivity contribution < 1.29 is 5.11 Å². The summed E-state index contributed by atoms with van der Waals surface area (Å²) < 4.78 is 0. The third-order valence-corrected chi connectivity index (χ3v) is 5.67. The van der Waals surface area contributed by atoms with Gasteiger partial charge >= 0.3 is 0 Å². The van der Waals surface area contributed by atoms with Crippen molar-refractivity contribution in [3.8, 4) is 11.3 Å². The second kappa shape index (κ2) is 9.24. The highest BCUT2D eigenvalue weighted by atomic mass is 16.3. The van der Waals surface area contributed by atoms with Crippen molar-refractivity contribution in [2.75, 3.05) is 20.1 Å². The summed E-state index contributed by atoms with van der Waals surface area (Å²) in [7, 11) is 2.02. The number of aliphatic imine (C=N–C) groups is 1. The highest BCUT2D eigenvalue weighted by Gasteiger charge is 2.35. The molecule has 2 unspecified atom stereocenters. The lowest BCUT2D eigenvalue weighted by Gasteiger charge is -2.37. The Morgan fingerprint density at radius 3 is 2.86 bits per heavy atom. The van der Waals surface area contributed by atoms with Crippen molar-refractivity contribution in [1.29, 1.82) is 0 Å². The van der Waals surface area contributed by atoms with Crippen LogP contribution in [0, 0.1) is 5.41 Å². The molecule has 0 radical (unpaired) electrons. The number of aromatic nitrogens is 2. The van der Waals surface area contributed by atoms with Gasteiger partial charge < -0.3 is 20.3 Å². The van der Waals surface area contributed by atoms with Gasteiger partial charge in [0.1, 0.15) is 5.82 Å². The Bertz CT molecular complexity index is 772. The highest BCUT2D eigenvalue weighted by Crippen LogP contribution is 2.36. The largest absolute Gasteiger partial charge is 0.392 e. The summed E-state index contributed by atoms with van der Waals surface area (Å²) in [6.07, 6.45) is 5.80. The van der Waals surface area contributed by atoms with Gasteiger partial charge in [0.25, 0.3) is 0 Å². The number of benzene rings is 1. The molecule has 1 aromatic carbocycles. The van der Waals surface area contributed by atoms with Crippen LogP contribution >= 0.6 is 0 Å². The molecule has 1 aromatic heterocycles. The van der Waals surface area contributed by atoms with Gasteiger partial charge in [-0.1, -0.05) is 50.1 Å². The number of rotatable bonds is 6. The zero-order valence-electron chi connectivity index (χ0n) is 17.3. The molecule has 1 aliphatic rings. The standard InChI is InChI=1S/C22H33N5O/c1-4-23-21(25-16-22(2)13-9-8-12-19(22)28)27(3)15-20-24-14-18(26-20)17-10-6-5-7-11-17/h5-7,10-11,14,19,28H,4,8-9,12-13,15-16H2,1-3H3,(H,23,25)(H,24,26). The Hall–Kier alpha value is -2.34. The second-order valence-electron chi connectivity index (χ2n) is 8.05. The minimum Gasteiger partial charge on any atom is -0.392 e. The van der Waals surface area contributed by atoms with E-state index in [0.717, 1.165) is 48.8 Å². The van der Waals surface area contributed by atoms with E-state index < -0.39 is 0 Å². The smallest absolute Gasteiger partial charge is 0.194 e. The molecule has 0 aliphatic heterocycles. The average Bonchev–Trinajstić information content (AvgIpc) is 3.17. The molecule has 1 saturated carbocycles. The first-order chi connectivity index (χ1) is 13.5. The summed E-state index contributed by atoms with van der Waals surface area (Å²) in [6, 6.07) is 10.2. The van der Waals surface area contributed by atoms with Crippen LogP contribution in [-0.2, 0) is 6.54 Å². The number of hydrogen-bond acceptors (Lipinski definition) is 3. The monoisotopic (exact) mass is 383 g/mol. The fourth-order valence-electron chi connectivity index (χ4n) is 3.80. The van der Waals surface area contributed by atoms with Gasteiger partial charge in [-0.15, -0.1) is 0 Å². The number of nitrogens with zero attached hydrogens (tertiary/aromatic N) is 3. The van der Waals surface area contributed by atoms with E-state index in [1.54, 1.807) is 0 Å². The van der Waals surface area contributed by atoms with Crippen molar-refractivity contribution in [3.05, 3.63) is 42.4 Å². The van der Waals surface area contributed by atoms with E-state index in [-0.39, 0.29) is 11.5 Å². The SMILES string of the molecule is CCNC(=NCC1(C)CCCCC1O)N(C)Cc1ncc(-c2ccccc2)[nH]1. The third-order valence-electron chi connectivity index (χ3n) is 5.67. The van der Waals surface area contributed by atoms with Crippen LogP contribution in [0.15, 0.2) is 41.5 Å². The quantitative estimate of drug-likeness (QED) is 0.528. The molecular weight excluding hydrogens is 350 g/mol. The van der Waals surface area contributed by atoms with E-state index in [1.807, 2.05) is 31.4 Å². The van der Waals surface area contributed by atoms with Crippen molar-refractivity contribution in [2.45, 2.75) is 52.2 Å². The van der Waals surface area contributed by atoms with E-state index in [4.69, 9.17) is 4.99 Å². The minimum absolute atomic E-state index is 0.134. The molecule has 6 heteroatoms. The van der Waals surface area contributed by atoms with Gasteiger partial charge in [-0.05, 0) is 25.3 Å². The van der Waals surface area contributed by atoms with Crippen LogP contribution in [0.2, 0.25) is 0 Å². The Balaban J connectivity index is 1.67. The average molecular weight is 384 g/mol. The van der Waals surface area contributed by atoms with Gasteiger partial charge in [0.2, 0.25) is 0 Å². The van der Waals surface area contributed by atoms with Crippen molar-refractivity contribution in [3.63, 3.8) is 0 Å². The van der Waals surface area contributed by atoms with Gasteiger partial charge in [-0.2, -0.15) is 0 Å². The fraction of sp³-hybridized carbons (Fsp3) is 0.545. The maximum absolute atomic E-state index is 10.4. The number of imidazole rings is 1. The molecule has 1 heterocycles. The molecule has 0 spiro atoms. The zero-order chi connectivity index (χ0) is 20.0. The molecule has 1 aliphatic carbocycles. The first-order valence-electron chi connectivity index (χ1n) is 10.3. The lowest BCUT2D eigenvalue weighted by atomic mass is 9.73. The predicted octanol–water partition coefficient (Wildman–Crippen LogP) is 3.42. The molecule has 2 aromatic rings. The molecule has 1 fully saturated rings. The molecule has 2 atom stereocenters. The van der Waals surface area contributed by atoms with E-state index in [0.29, 0.717) is 13.1 Å². The van der Waals surface area contributed by atoms with E-state index in [2.05, 4.69) is 46.2 Å². The van der Waals surface area contributed by atoms with E-state index in [1.165, 1.54) is 6.42 Å². The van der Waals surface area contributed by atoms with Crippen LogP contribution in [0.3, 0.4) is 0 Å². The fourth-order valence-corrected chi connectivity index (χ4v) is 3.80. The third kappa shape index (κ3) is 4.93. The van der Waals surface area contributed by atoms with E-state index >= 15 is 0 Å². The summed E-state index contributed by atoms with van der Waals surface area (Å²) in [6.45, 7) is 6.30. The number of aromatic amines is 1. The summed E-state index contributed by atoms with van der Waals surface area (Å²) in [4.78, 5) is 14.9. The van der Waals surface area contributed by atoms with Crippen LogP contribution < -0.4 is 5.32 Å². The topological polar surface area (TPSA) is 76.5 Å². The summed E-state index contributed by atoms with van der Waals surface area (Å²) >= 11 is 0. The number of guanidine groups is 1. The molecule has 28 heavy (non-hydrogen) atoms. The van der Waals surface area contributed by atoms with Crippen LogP contribution in [0.25, 0.3) is 11.3 Å². The number of hydrogen-bond donors (Lipinski definition) is 3. The molecular formula is C22H33N5O. The van der Waals surface area contributed by atoms with Crippen molar-refractivity contribution in [1.82, 2.24) is 20.2 Å². The lowest BCUT2D eigenvalue weighted by Crippen LogP contribution is -2.42.